The predicted octanol–water partition coefficient (Wildman–Crippen LogP) is 2.74. The van der Waals surface area contributed by atoms with Gasteiger partial charge in [-0.3, -0.25) is 4.90 Å². The second-order valence-electron chi connectivity index (χ2n) is 6.15. The first kappa shape index (κ1) is 13.6. The molecular weight excluding hydrogens is 220 g/mol. The number of aryl methyl sites for hydroxylation is 1. The first-order chi connectivity index (χ1) is 8.50. The molecule has 0 saturated carbocycles. The molecule has 0 amide bonds. The van der Waals surface area contributed by atoms with E-state index in [-0.39, 0.29) is 11.6 Å². The van der Waals surface area contributed by atoms with Crippen molar-refractivity contribution in [1.82, 2.24) is 4.90 Å². The second-order valence-corrected chi connectivity index (χ2v) is 6.15. The molecule has 0 aromatic heterocycles. The highest BCUT2D eigenvalue weighted by Crippen LogP contribution is 2.25. The molecule has 2 N–H and O–H groups in total. The highest BCUT2D eigenvalue weighted by molar-refractivity contribution is 5.23. The van der Waals surface area contributed by atoms with Gasteiger partial charge in [0, 0.05) is 11.6 Å². The Labute approximate surface area is 111 Å². The van der Waals surface area contributed by atoms with Crippen LogP contribution in [0, 0.1) is 6.92 Å². The van der Waals surface area contributed by atoms with Crippen molar-refractivity contribution in [1.29, 1.82) is 0 Å². The summed E-state index contributed by atoms with van der Waals surface area (Å²) in [5, 5.41) is 0. The molecule has 1 heterocycles. The largest absolute Gasteiger partial charge is 0.326 e. The summed E-state index contributed by atoms with van der Waals surface area (Å²) in [5.41, 5.74) is 9.24. The fraction of sp³-hybridized carbons (Fsp3) is 0.625. The third-order valence-electron chi connectivity index (χ3n) is 4.37. The minimum atomic E-state index is 0.0975. The first-order valence-electron chi connectivity index (χ1n) is 7.06. The Bertz CT molecular complexity index is 392. The van der Waals surface area contributed by atoms with Gasteiger partial charge in [-0.2, -0.15) is 0 Å². The molecule has 2 rings (SSSR count). The van der Waals surface area contributed by atoms with Gasteiger partial charge in [-0.25, -0.2) is 0 Å². The Morgan fingerprint density at radius 3 is 2.56 bits per heavy atom. The zero-order chi connectivity index (χ0) is 13.2. The summed E-state index contributed by atoms with van der Waals surface area (Å²) in [5.74, 6) is 0. The molecule has 0 aliphatic carbocycles. The molecule has 100 valence electrons. The van der Waals surface area contributed by atoms with Crippen LogP contribution >= 0.6 is 0 Å². The van der Waals surface area contributed by atoms with Gasteiger partial charge in [0.25, 0.3) is 0 Å². The van der Waals surface area contributed by atoms with Gasteiger partial charge in [0.15, 0.2) is 0 Å². The Hall–Kier alpha value is -0.860. The average Bonchev–Trinajstić information content (AvgIpc) is 2.82. The van der Waals surface area contributed by atoms with E-state index in [2.05, 4.69) is 49.9 Å². The van der Waals surface area contributed by atoms with Crippen LogP contribution in [0.25, 0.3) is 0 Å². The number of rotatable bonds is 4. The van der Waals surface area contributed by atoms with E-state index < -0.39 is 0 Å². The Morgan fingerprint density at radius 2 is 1.94 bits per heavy atom. The Balaban J connectivity index is 2.04. The Kier molecular flexibility index (Phi) is 4.08. The standard InChI is InChI=1S/C16H26N2/c1-13-7-6-8-14(11-13)12-15(17)16(2,3)18-9-4-5-10-18/h6-8,11,15H,4-5,9-10,12,17H2,1-3H3. The molecule has 1 aliphatic rings. The van der Waals surface area contributed by atoms with Gasteiger partial charge in [-0.05, 0) is 58.7 Å². The molecule has 0 radical (unpaired) electrons. The molecular formula is C16H26N2. The summed E-state index contributed by atoms with van der Waals surface area (Å²) >= 11 is 0. The highest BCUT2D eigenvalue weighted by atomic mass is 15.2. The molecule has 18 heavy (non-hydrogen) atoms. The molecule has 1 aliphatic heterocycles. The molecule has 1 unspecified atom stereocenters. The molecule has 1 aromatic rings. The van der Waals surface area contributed by atoms with E-state index >= 15 is 0 Å². The van der Waals surface area contributed by atoms with Gasteiger partial charge in [0.05, 0.1) is 0 Å². The highest BCUT2D eigenvalue weighted by Gasteiger charge is 2.34. The maximum absolute atomic E-state index is 6.47. The first-order valence-corrected chi connectivity index (χ1v) is 7.06. The SMILES string of the molecule is Cc1cccc(CC(N)C(C)(C)N2CCCC2)c1. The average molecular weight is 246 g/mol. The van der Waals surface area contributed by atoms with Crippen molar-refractivity contribution < 1.29 is 0 Å². The van der Waals surface area contributed by atoms with Gasteiger partial charge >= 0.3 is 0 Å². The fourth-order valence-electron chi connectivity index (χ4n) is 2.87. The van der Waals surface area contributed by atoms with Gasteiger partial charge in [0.2, 0.25) is 0 Å². The van der Waals surface area contributed by atoms with Crippen LogP contribution in [0.4, 0.5) is 0 Å². The van der Waals surface area contributed by atoms with Crippen LogP contribution in [0.5, 0.6) is 0 Å². The van der Waals surface area contributed by atoms with E-state index in [1.807, 2.05) is 0 Å². The molecule has 0 bridgehead atoms. The van der Waals surface area contributed by atoms with E-state index in [0.29, 0.717) is 0 Å². The van der Waals surface area contributed by atoms with Crippen molar-refractivity contribution in [3.63, 3.8) is 0 Å². The van der Waals surface area contributed by atoms with Crippen LogP contribution < -0.4 is 5.73 Å². The number of nitrogens with zero attached hydrogens (tertiary/aromatic N) is 1. The van der Waals surface area contributed by atoms with Crippen molar-refractivity contribution in [2.24, 2.45) is 5.73 Å². The summed E-state index contributed by atoms with van der Waals surface area (Å²) in [7, 11) is 0. The third-order valence-corrected chi connectivity index (χ3v) is 4.37. The van der Waals surface area contributed by atoms with Crippen molar-refractivity contribution in [2.75, 3.05) is 13.1 Å². The lowest BCUT2D eigenvalue weighted by Crippen LogP contribution is -2.55. The quantitative estimate of drug-likeness (QED) is 0.885. The summed E-state index contributed by atoms with van der Waals surface area (Å²) in [6.45, 7) is 9.13. The number of nitrogens with two attached hydrogens (primary N) is 1. The summed E-state index contributed by atoms with van der Waals surface area (Å²) < 4.78 is 0. The normalized spacial score (nSPS) is 19.1. The smallest absolute Gasteiger partial charge is 0.0307 e. The summed E-state index contributed by atoms with van der Waals surface area (Å²) in [4.78, 5) is 2.55. The Morgan fingerprint density at radius 1 is 1.28 bits per heavy atom. The van der Waals surface area contributed by atoms with Crippen LogP contribution in [0.15, 0.2) is 24.3 Å². The fourth-order valence-corrected chi connectivity index (χ4v) is 2.87. The lowest BCUT2D eigenvalue weighted by atomic mass is 9.88. The minimum absolute atomic E-state index is 0.0975. The van der Waals surface area contributed by atoms with Crippen molar-refractivity contribution in [2.45, 2.75) is 51.6 Å². The van der Waals surface area contributed by atoms with E-state index in [4.69, 9.17) is 5.73 Å². The molecule has 1 atom stereocenters. The van der Waals surface area contributed by atoms with Crippen LogP contribution in [-0.4, -0.2) is 29.6 Å². The van der Waals surface area contributed by atoms with E-state index in [0.717, 1.165) is 6.42 Å². The lowest BCUT2D eigenvalue weighted by Gasteiger charge is -2.40. The van der Waals surface area contributed by atoms with Gasteiger partial charge in [0.1, 0.15) is 0 Å². The third kappa shape index (κ3) is 2.93. The topological polar surface area (TPSA) is 29.3 Å². The second kappa shape index (κ2) is 5.41. The molecule has 0 spiro atoms. The van der Waals surface area contributed by atoms with Gasteiger partial charge < -0.3 is 5.73 Å². The maximum Gasteiger partial charge on any atom is 0.0307 e. The number of hydrogen-bond acceptors (Lipinski definition) is 2. The summed E-state index contributed by atoms with van der Waals surface area (Å²) in [6, 6.07) is 8.89. The lowest BCUT2D eigenvalue weighted by molar-refractivity contribution is 0.123. The van der Waals surface area contributed by atoms with Crippen LogP contribution in [0.3, 0.4) is 0 Å². The minimum Gasteiger partial charge on any atom is -0.326 e. The summed E-state index contributed by atoms with van der Waals surface area (Å²) in [6.07, 6.45) is 3.60. The monoisotopic (exact) mass is 246 g/mol. The van der Waals surface area contributed by atoms with Crippen LogP contribution in [-0.2, 0) is 6.42 Å². The number of hydrogen-bond donors (Lipinski definition) is 1. The number of likely N-dealkylation sites (tertiary alicyclic amines) is 1. The van der Waals surface area contributed by atoms with Crippen molar-refractivity contribution in [3.8, 4) is 0 Å². The van der Waals surface area contributed by atoms with Crippen LogP contribution in [0.2, 0.25) is 0 Å². The van der Waals surface area contributed by atoms with Crippen molar-refractivity contribution in [3.05, 3.63) is 35.4 Å². The predicted molar refractivity (Wildman–Crippen MR) is 77.7 cm³/mol. The number of benzene rings is 1. The molecule has 1 saturated heterocycles. The molecule has 2 heteroatoms. The maximum atomic E-state index is 6.47. The molecule has 1 aromatic carbocycles. The van der Waals surface area contributed by atoms with Crippen molar-refractivity contribution >= 4 is 0 Å². The van der Waals surface area contributed by atoms with Gasteiger partial charge in [-0.1, -0.05) is 29.8 Å². The van der Waals surface area contributed by atoms with E-state index in [1.54, 1.807) is 0 Å². The zero-order valence-corrected chi connectivity index (χ0v) is 11.9. The zero-order valence-electron chi connectivity index (χ0n) is 11.9. The molecule has 1 fully saturated rings. The van der Waals surface area contributed by atoms with E-state index in [9.17, 15) is 0 Å². The van der Waals surface area contributed by atoms with Gasteiger partial charge in [-0.15, -0.1) is 0 Å². The molecule has 2 nitrogen and oxygen atoms in total. The van der Waals surface area contributed by atoms with Crippen LogP contribution in [0.1, 0.15) is 37.8 Å². The van der Waals surface area contributed by atoms with E-state index in [1.165, 1.54) is 37.1 Å².